The van der Waals surface area contributed by atoms with Crippen LogP contribution in [-0.2, 0) is 6.54 Å². The number of hydrogen-bond donors (Lipinski definition) is 2. The van der Waals surface area contributed by atoms with Gasteiger partial charge in [0.05, 0.1) is 12.2 Å². The first-order chi connectivity index (χ1) is 9.83. The van der Waals surface area contributed by atoms with Crippen molar-refractivity contribution in [2.45, 2.75) is 6.54 Å². The van der Waals surface area contributed by atoms with E-state index in [4.69, 9.17) is 0 Å². The Hall–Kier alpha value is -1.41. The van der Waals surface area contributed by atoms with Crippen molar-refractivity contribution in [3.8, 4) is 10.6 Å². The summed E-state index contributed by atoms with van der Waals surface area (Å²) in [5, 5.41) is 9.45. The molecule has 0 fully saturated rings. The van der Waals surface area contributed by atoms with E-state index >= 15 is 0 Å². The third kappa shape index (κ3) is 5.47. The molecule has 0 aliphatic heterocycles. The lowest BCUT2D eigenvalue weighted by Crippen LogP contribution is -2.36. The van der Waals surface area contributed by atoms with E-state index in [-0.39, 0.29) is 24.0 Å². The van der Waals surface area contributed by atoms with Gasteiger partial charge in [0.25, 0.3) is 0 Å². The predicted molar refractivity (Wildman–Crippen MR) is 101 cm³/mol. The van der Waals surface area contributed by atoms with Crippen molar-refractivity contribution in [2.75, 3.05) is 13.6 Å². The zero-order valence-electron chi connectivity index (χ0n) is 11.9. The molecule has 2 N–H and O–H groups in total. The van der Waals surface area contributed by atoms with E-state index in [0.717, 1.165) is 22.2 Å². The summed E-state index contributed by atoms with van der Waals surface area (Å²) in [4.78, 5) is 8.75. The van der Waals surface area contributed by atoms with Gasteiger partial charge in [0.1, 0.15) is 5.01 Å². The summed E-state index contributed by atoms with van der Waals surface area (Å²) in [6, 6.07) is 10.2. The average Bonchev–Trinajstić information content (AvgIpc) is 2.97. The van der Waals surface area contributed by atoms with Crippen LogP contribution in [0.3, 0.4) is 0 Å². The fraction of sp³-hybridized carbons (Fsp3) is 0.200. The topological polar surface area (TPSA) is 49.3 Å². The molecule has 6 heteroatoms. The van der Waals surface area contributed by atoms with Gasteiger partial charge in [-0.2, -0.15) is 0 Å². The zero-order valence-corrected chi connectivity index (χ0v) is 15.0. The summed E-state index contributed by atoms with van der Waals surface area (Å²) in [5.41, 5.74) is 2.16. The maximum absolute atomic E-state index is 4.62. The maximum atomic E-state index is 4.62. The summed E-state index contributed by atoms with van der Waals surface area (Å²) >= 11 is 1.65. The largest absolute Gasteiger partial charge is 0.353 e. The zero-order chi connectivity index (χ0) is 14.2. The Morgan fingerprint density at radius 1 is 1.33 bits per heavy atom. The Balaban J connectivity index is 0.00000220. The van der Waals surface area contributed by atoms with Gasteiger partial charge in [-0.05, 0) is 0 Å². The summed E-state index contributed by atoms with van der Waals surface area (Å²) in [5.74, 6) is 0.749. The Kier molecular flexibility index (Phi) is 7.99. The molecule has 112 valence electrons. The summed E-state index contributed by atoms with van der Waals surface area (Å²) < 4.78 is 0. The predicted octanol–water partition coefficient (Wildman–Crippen LogP) is 3.28. The quantitative estimate of drug-likeness (QED) is 0.342. The van der Waals surface area contributed by atoms with Crippen LogP contribution in [0.1, 0.15) is 5.69 Å². The molecule has 1 heterocycles. The first kappa shape index (κ1) is 17.6. The molecule has 0 saturated carbocycles. The lowest BCUT2D eigenvalue weighted by molar-refractivity contribution is 0.830. The number of thiazole rings is 1. The lowest BCUT2D eigenvalue weighted by Gasteiger charge is -2.08. The van der Waals surface area contributed by atoms with E-state index in [1.54, 1.807) is 24.5 Å². The number of nitrogens with one attached hydrogen (secondary N) is 2. The molecular weight excluding hydrogens is 395 g/mol. The van der Waals surface area contributed by atoms with Gasteiger partial charge in [0.2, 0.25) is 0 Å². The molecule has 0 radical (unpaired) electrons. The highest BCUT2D eigenvalue weighted by molar-refractivity contribution is 14.0. The van der Waals surface area contributed by atoms with E-state index in [0.29, 0.717) is 13.1 Å². The number of benzene rings is 1. The molecular formula is C15H19IN4S. The minimum atomic E-state index is 0. The Morgan fingerprint density at radius 2 is 2.10 bits per heavy atom. The molecule has 0 amide bonds. The van der Waals surface area contributed by atoms with Gasteiger partial charge >= 0.3 is 0 Å². The van der Waals surface area contributed by atoms with E-state index in [2.05, 4.69) is 44.7 Å². The third-order valence-corrected chi connectivity index (χ3v) is 3.59. The SMILES string of the molecule is C=CCNC(=NC)NCc1csc(-c2ccccc2)n1.I. The molecule has 2 rings (SSSR count). The van der Waals surface area contributed by atoms with Crippen molar-refractivity contribution < 1.29 is 0 Å². The lowest BCUT2D eigenvalue weighted by atomic mass is 10.2. The molecule has 0 unspecified atom stereocenters. The number of hydrogen-bond acceptors (Lipinski definition) is 3. The number of rotatable bonds is 5. The fourth-order valence-corrected chi connectivity index (χ4v) is 2.49. The van der Waals surface area contributed by atoms with Gasteiger partial charge in [-0.25, -0.2) is 4.98 Å². The van der Waals surface area contributed by atoms with Crippen LogP contribution in [0.4, 0.5) is 0 Å². The highest BCUT2D eigenvalue weighted by atomic mass is 127. The highest BCUT2D eigenvalue weighted by Gasteiger charge is 2.04. The first-order valence-electron chi connectivity index (χ1n) is 6.38. The van der Waals surface area contributed by atoms with Crippen LogP contribution >= 0.6 is 35.3 Å². The molecule has 0 aliphatic rings. The van der Waals surface area contributed by atoms with Crippen LogP contribution < -0.4 is 10.6 Å². The smallest absolute Gasteiger partial charge is 0.191 e. The Labute approximate surface area is 146 Å². The summed E-state index contributed by atoms with van der Waals surface area (Å²) in [7, 11) is 1.74. The molecule has 1 aromatic carbocycles. The van der Waals surface area contributed by atoms with Gasteiger partial charge in [0.15, 0.2) is 5.96 Å². The van der Waals surface area contributed by atoms with Gasteiger partial charge in [-0.15, -0.1) is 41.9 Å². The fourth-order valence-electron chi connectivity index (χ4n) is 1.67. The maximum Gasteiger partial charge on any atom is 0.191 e. The van der Waals surface area contributed by atoms with Gasteiger partial charge in [-0.1, -0.05) is 36.4 Å². The third-order valence-electron chi connectivity index (χ3n) is 2.65. The molecule has 4 nitrogen and oxygen atoms in total. The minimum absolute atomic E-state index is 0. The minimum Gasteiger partial charge on any atom is -0.353 e. The molecule has 21 heavy (non-hydrogen) atoms. The molecule has 0 atom stereocenters. The normalized spacial score (nSPS) is 10.6. The number of nitrogens with zero attached hydrogens (tertiary/aromatic N) is 2. The summed E-state index contributed by atoms with van der Waals surface area (Å²) in [6.07, 6.45) is 1.79. The van der Waals surface area contributed by atoms with Gasteiger partial charge < -0.3 is 10.6 Å². The van der Waals surface area contributed by atoms with Gasteiger partial charge in [0, 0.05) is 24.5 Å². The van der Waals surface area contributed by atoms with Crippen LogP contribution in [0.5, 0.6) is 0 Å². The first-order valence-corrected chi connectivity index (χ1v) is 7.26. The molecule has 2 aromatic rings. The highest BCUT2D eigenvalue weighted by Crippen LogP contribution is 2.22. The van der Waals surface area contributed by atoms with Gasteiger partial charge in [-0.3, -0.25) is 4.99 Å². The second-order valence-corrected chi connectivity index (χ2v) is 4.96. The second-order valence-electron chi connectivity index (χ2n) is 4.11. The Bertz CT molecular complexity index is 580. The van der Waals surface area contributed by atoms with Crippen molar-refractivity contribution in [2.24, 2.45) is 4.99 Å². The molecule has 0 bridgehead atoms. The standard InChI is InChI=1S/C15H18N4S.HI/c1-3-9-17-15(16-2)18-10-13-11-20-14(19-13)12-7-5-4-6-8-12;/h3-8,11H,1,9-10H2,2H3,(H2,16,17,18);1H. The van der Waals surface area contributed by atoms with E-state index in [1.165, 1.54) is 0 Å². The monoisotopic (exact) mass is 414 g/mol. The van der Waals surface area contributed by atoms with E-state index < -0.39 is 0 Å². The number of halogens is 1. The summed E-state index contributed by atoms with van der Waals surface area (Å²) in [6.45, 7) is 5.01. The van der Waals surface area contributed by atoms with Crippen LogP contribution in [0, 0.1) is 0 Å². The molecule has 0 saturated heterocycles. The Morgan fingerprint density at radius 3 is 2.76 bits per heavy atom. The van der Waals surface area contributed by atoms with Crippen molar-refractivity contribution in [3.05, 3.63) is 54.1 Å². The molecule has 1 aromatic heterocycles. The number of aromatic nitrogens is 1. The molecule has 0 spiro atoms. The molecule has 0 aliphatic carbocycles. The number of aliphatic imine (C=N–C) groups is 1. The van der Waals surface area contributed by atoms with Crippen molar-refractivity contribution in [3.63, 3.8) is 0 Å². The van der Waals surface area contributed by atoms with E-state index in [9.17, 15) is 0 Å². The van der Waals surface area contributed by atoms with Crippen molar-refractivity contribution in [1.29, 1.82) is 0 Å². The van der Waals surface area contributed by atoms with E-state index in [1.807, 2.05) is 18.2 Å². The van der Waals surface area contributed by atoms with Crippen LogP contribution in [0.25, 0.3) is 10.6 Å². The van der Waals surface area contributed by atoms with Crippen LogP contribution in [0.2, 0.25) is 0 Å². The van der Waals surface area contributed by atoms with Crippen LogP contribution in [-0.4, -0.2) is 24.5 Å². The van der Waals surface area contributed by atoms with Crippen LogP contribution in [0.15, 0.2) is 53.4 Å². The number of guanidine groups is 1. The van der Waals surface area contributed by atoms with Crippen molar-refractivity contribution >= 4 is 41.3 Å². The average molecular weight is 414 g/mol. The van der Waals surface area contributed by atoms with Crippen molar-refractivity contribution in [1.82, 2.24) is 15.6 Å². The second kappa shape index (κ2) is 9.51.